The molecular formula is C18H22N4. The molecular weight excluding hydrogens is 272 g/mol. The predicted molar refractivity (Wildman–Crippen MR) is 88.9 cm³/mol. The minimum atomic E-state index is 0.171. The van der Waals surface area contributed by atoms with E-state index in [2.05, 4.69) is 60.6 Å². The molecule has 0 amide bonds. The molecule has 0 radical (unpaired) electrons. The first kappa shape index (κ1) is 16.0. The third-order valence-corrected chi connectivity index (χ3v) is 3.97. The largest absolute Gasteiger partial charge is 0.365 e. The number of nitrogens with one attached hydrogen (secondary N) is 1. The predicted octanol–water partition coefficient (Wildman–Crippen LogP) is 3.63. The van der Waals surface area contributed by atoms with Crippen LogP contribution in [0.2, 0.25) is 0 Å². The molecule has 0 bridgehead atoms. The molecule has 2 aromatic rings. The van der Waals surface area contributed by atoms with Gasteiger partial charge in [0.05, 0.1) is 5.69 Å². The normalized spacial score (nSPS) is 11.8. The van der Waals surface area contributed by atoms with Crippen LogP contribution in [-0.4, -0.2) is 16.2 Å². The quantitative estimate of drug-likeness (QED) is 0.935. The molecule has 1 heterocycles. The Morgan fingerprint density at radius 1 is 1.18 bits per heavy atom. The van der Waals surface area contributed by atoms with Gasteiger partial charge in [0.25, 0.3) is 0 Å². The second-order valence-electron chi connectivity index (χ2n) is 5.93. The van der Waals surface area contributed by atoms with E-state index in [4.69, 9.17) is 0 Å². The molecule has 0 aliphatic carbocycles. The van der Waals surface area contributed by atoms with Crippen LogP contribution in [0.25, 0.3) is 0 Å². The first-order valence-electron chi connectivity index (χ1n) is 7.49. The van der Waals surface area contributed by atoms with E-state index >= 15 is 0 Å². The summed E-state index contributed by atoms with van der Waals surface area (Å²) in [5, 5.41) is 20.9. The van der Waals surface area contributed by atoms with Gasteiger partial charge in [-0.25, -0.2) is 0 Å². The van der Waals surface area contributed by atoms with Gasteiger partial charge in [-0.15, -0.1) is 5.10 Å². The van der Waals surface area contributed by atoms with E-state index in [9.17, 15) is 5.26 Å². The van der Waals surface area contributed by atoms with Crippen molar-refractivity contribution in [1.29, 1.82) is 5.26 Å². The Hall–Kier alpha value is -2.41. The number of rotatable bonds is 4. The van der Waals surface area contributed by atoms with Gasteiger partial charge in [0.2, 0.25) is 0 Å². The lowest BCUT2D eigenvalue weighted by Gasteiger charge is -2.17. The molecule has 4 heteroatoms. The Kier molecular flexibility index (Phi) is 4.77. The van der Waals surface area contributed by atoms with Gasteiger partial charge >= 0.3 is 0 Å². The third kappa shape index (κ3) is 3.43. The van der Waals surface area contributed by atoms with Gasteiger partial charge < -0.3 is 5.32 Å². The van der Waals surface area contributed by atoms with E-state index in [1.807, 2.05) is 13.8 Å². The number of anilines is 1. The number of aryl methyl sites for hydroxylation is 3. The molecule has 0 saturated carbocycles. The molecule has 2 rings (SSSR count). The monoisotopic (exact) mass is 294 g/mol. The van der Waals surface area contributed by atoms with E-state index in [0.717, 1.165) is 17.7 Å². The fourth-order valence-electron chi connectivity index (χ4n) is 2.54. The Labute approximate surface area is 132 Å². The van der Waals surface area contributed by atoms with E-state index < -0.39 is 0 Å². The Morgan fingerprint density at radius 3 is 2.55 bits per heavy atom. The van der Waals surface area contributed by atoms with E-state index in [-0.39, 0.29) is 6.04 Å². The average Bonchev–Trinajstić information content (AvgIpc) is 2.46. The molecule has 1 aromatic heterocycles. The van der Waals surface area contributed by atoms with Gasteiger partial charge in [0, 0.05) is 6.04 Å². The van der Waals surface area contributed by atoms with Gasteiger partial charge in [-0.3, -0.25) is 0 Å². The van der Waals surface area contributed by atoms with E-state index in [1.165, 1.54) is 16.7 Å². The van der Waals surface area contributed by atoms with Crippen molar-refractivity contribution in [2.75, 3.05) is 5.32 Å². The molecule has 1 atom stereocenters. The standard InChI is InChI=1S/C18H22N4/c1-11-6-7-16(12(2)8-11)9-13(3)20-18-17(10-19)14(4)15(5)21-22-18/h6-8,13H,9H2,1-5H3,(H,20,22). The zero-order chi connectivity index (χ0) is 16.3. The zero-order valence-electron chi connectivity index (χ0n) is 13.9. The van der Waals surface area contributed by atoms with Gasteiger partial charge in [0.1, 0.15) is 11.6 Å². The molecule has 0 aliphatic rings. The lowest BCUT2D eigenvalue weighted by molar-refractivity contribution is 0.771. The van der Waals surface area contributed by atoms with Crippen LogP contribution in [0.3, 0.4) is 0 Å². The molecule has 0 fully saturated rings. The fourth-order valence-corrected chi connectivity index (χ4v) is 2.54. The lowest BCUT2D eigenvalue weighted by atomic mass is 10.00. The van der Waals surface area contributed by atoms with Crippen LogP contribution >= 0.6 is 0 Å². The van der Waals surface area contributed by atoms with E-state index in [1.54, 1.807) is 0 Å². The van der Waals surface area contributed by atoms with Crippen molar-refractivity contribution in [1.82, 2.24) is 10.2 Å². The summed E-state index contributed by atoms with van der Waals surface area (Å²) in [5.74, 6) is 0.572. The SMILES string of the molecule is Cc1ccc(CC(C)Nc2nnc(C)c(C)c2C#N)c(C)c1. The number of nitriles is 1. The van der Waals surface area contributed by atoms with Gasteiger partial charge in [-0.05, 0) is 57.7 Å². The van der Waals surface area contributed by atoms with Crippen molar-refractivity contribution in [3.05, 3.63) is 51.7 Å². The molecule has 1 unspecified atom stereocenters. The van der Waals surface area contributed by atoms with Crippen molar-refractivity contribution >= 4 is 5.82 Å². The van der Waals surface area contributed by atoms with Crippen LogP contribution in [0.5, 0.6) is 0 Å². The summed E-state index contributed by atoms with van der Waals surface area (Å²) < 4.78 is 0. The van der Waals surface area contributed by atoms with Crippen LogP contribution in [0, 0.1) is 39.0 Å². The molecule has 114 valence electrons. The van der Waals surface area contributed by atoms with Gasteiger partial charge in [0.15, 0.2) is 5.82 Å². The smallest absolute Gasteiger partial charge is 0.167 e. The van der Waals surface area contributed by atoms with Crippen molar-refractivity contribution in [3.8, 4) is 6.07 Å². The first-order valence-corrected chi connectivity index (χ1v) is 7.49. The number of aromatic nitrogens is 2. The third-order valence-electron chi connectivity index (χ3n) is 3.97. The van der Waals surface area contributed by atoms with Crippen LogP contribution in [0.1, 0.15) is 40.4 Å². The number of benzene rings is 1. The minimum Gasteiger partial charge on any atom is -0.365 e. The Bertz CT molecular complexity index is 729. The summed E-state index contributed by atoms with van der Waals surface area (Å²) in [5.41, 5.74) is 6.14. The number of nitrogens with zero attached hydrogens (tertiary/aromatic N) is 3. The summed E-state index contributed by atoms with van der Waals surface area (Å²) in [6.07, 6.45) is 0.881. The maximum absolute atomic E-state index is 9.34. The summed E-state index contributed by atoms with van der Waals surface area (Å²) in [6.45, 7) is 10.1. The maximum Gasteiger partial charge on any atom is 0.167 e. The molecule has 0 saturated heterocycles. The van der Waals surface area contributed by atoms with Crippen LogP contribution in [0.15, 0.2) is 18.2 Å². The Morgan fingerprint density at radius 2 is 1.91 bits per heavy atom. The molecule has 0 spiro atoms. The average molecular weight is 294 g/mol. The minimum absolute atomic E-state index is 0.171. The lowest BCUT2D eigenvalue weighted by Crippen LogP contribution is -2.21. The van der Waals surface area contributed by atoms with Crippen molar-refractivity contribution < 1.29 is 0 Å². The highest BCUT2D eigenvalue weighted by Crippen LogP contribution is 2.19. The summed E-state index contributed by atoms with van der Waals surface area (Å²) >= 11 is 0. The zero-order valence-corrected chi connectivity index (χ0v) is 13.9. The summed E-state index contributed by atoms with van der Waals surface area (Å²) in [6, 6.07) is 8.89. The Balaban J connectivity index is 2.18. The molecule has 4 nitrogen and oxygen atoms in total. The van der Waals surface area contributed by atoms with Crippen LogP contribution in [-0.2, 0) is 6.42 Å². The van der Waals surface area contributed by atoms with Gasteiger partial charge in [-0.2, -0.15) is 10.4 Å². The fraction of sp³-hybridized carbons (Fsp3) is 0.389. The van der Waals surface area contributed by atoms with Crippen molar-refractivity contribution in [2.24, 2.45) is 0 Å². The second kappa shape index (κ2) is 6.57. The van der Waals surface area contributed by atoms with E-state index in [0.29, 0.717) is 11.4 Å². The second-order valence-corrected chi connectivity index (χ2v) is 5.93. The summed E-state index contributed by atoms with van der Waals surface area (Å²) in [4.78, 5) is 0. The van der Waals surface area contributed by atoms with Crippen LogP contribution < -0.4 is 5.32 Å². The number of hydrogen-bond donors (Lipinski definition) is 1. The maximum atomic E-state index is 9.34. The molecule has 0 aliphatic heterocycles. The summed E-state index contributed by atoms with van der Waals surface area (Å²) in [7, 11) is 0. The van der Waals surface area contributed by atoms with Gasteiger partial charge in [-0.1, -0.05) is 23.8 Å². The highest BCUT2D eigenvalue weighted by Gasteiger charge is 2.13. The van der Waals surface area contributed by atoms with Crippen LogP contribution in [0.4, 0.5) is 5.82 Å². The molecule has 1 N–H and O–H groups in total. The van der Waals surface area contributed by atoms with Crippen molar-refractivity contribution in [2.45, 2.75) is 47.1 Å². The molecule has 22 heavy (non-hydrogen) atoms. The first-order chi connectivity index (χ1) is 10.4. The highest BCUT2D eigenvalue weighted by molar-refractivity contribution is 5.56. The number of hydrogen-bond acceptors (Lipinski definition) is 4. The van der Waals surface area contributed by atoms with Crippen molar-refractivity contribution in [3.63, 3.8) is 0 Å². The highest BCUT2D eigenvalue weighted by atomic mass is 15.2. The molecule has 1 aromatic carbocycles. The topological polar surface area (TPSA) is 61.6 Å².